The minimum absolute atomic E-state index is 0.0815. The summed E-state index contributed by atoms with van der Waals surface area (Å²) in [6, 6.07) is 29.4. The Morgan fingerprint density at radius 1 is 0.816 bits per heavy atom. The Morgan fingerprint density at radius 2 is 1.59 bits per heavy atom. The number of hydrogen-bond donors (Lipinski definition) is 0. The first kappa shape index (κ1) is 30.7. The second-order valence-corrected chi connectivity index (χ2v) is 15.6. The van der Waals surface area contributed by atoms with Crippen LogP contribution in [0.5, 0.6) is 0 Å². The average Bonchev–Trinajstić information content (AvgIpc) is 3.11. The Bertz CT molecular complexity index is 2340. The van der Waals surface area contributed by atoms with Crippen LogP contribution in [0.1, 0.15) is 106 Å². The maximum absolute atomic E-state index is 16.6. The van der Waals surface area contributed by atoms with Gasteiger partial charge in [0.2, 0.25) is 11.4 Å². The number of nitrogens with zero attached hydrogens (tertiary/aromatic N) is 2. The quantitative estimate of drug-likeness (QED) is 0.159. The zero-order chi connectivity index (χ0) is 33.8. The van der Waals surface area contributed by atoms with Crippen molar-refractivity contribution >= 4 is 21.5 Å². The van der Waals surface area contributed by atoms with Crippen molar-refractivity contribution in [3.05, 3.63) is 130 Å². The van der Waals surface area contributed by atoms with E-state index in [2.05, 4.69) is 136 Å². The zero-order valence-corrected chi connectivity index (χ0v) is 29.8. The van der Waals surface area contributed by atoms with Gasteiger partial charge in [0.25, 0.3) is 0 Å². The molecule has 0 N–H and O–H groups in total. The number of rotatable bonds is 6. The van der Waals surface area contributed by atoms with Crippen LogP contribution in [0.25, 0.3) is 44.1 Å². The van der Waals surface area contributed by atoms with Gasteiger partial charge in [0, 0.05) is 36.0 Å². The van der Waals surface area contributed by atoms with E-state index in [9.17, 15) is 0 Å². The molecule has 49 heavy (non-hydrogen) atoms. The molecule has 0 saturated carbocycles. The molecule has 4 heterocycles. The summed E-state index contributed by atoms with van der Waals surface area (Å²) in [4.78, 5) is 0. The van der Waals surface area contributed by atoms with Gasteiger partial charge >= 0.3 is 0 Å². The summed E-state index contributed by atoms with van der Waals surface area (Å²) in [6.45, 7) is 14.6. The summed E-state index contributed by atoms with van der Waals surface area (Å²) in [5.74, 6) is 0.282. The molecule has 2 unspecified atom stereocenters. The van der Waals surface area contributed by atoms with E-state index in [1.165, 1.54) is 66.3 Å². The Hall–Kier alpha value is -4.37. The number of aromatic nitrogens is 2. The van der Waals surface area contributed by atoms with E-state index >= 15 is 4.39 Å². The lowest BCUT2D eigenvalue weighted by atomic mass is 9.58. The van der Waals surface area contributed by atoms with Crippen LogP contribution in [0.3, 0.4) is 0 Å². The monoisotopic (exact) mass is 646 g/mol. The molecule has 0 fully saturated rings. The maximum Gasteiger partial charge on any atom is 0.221 e. The fourth-order valence-electron chi connectivity index (χ4n) is 10.5. The van der Waals surface area contributed by atoms with Gasteiger partial charge in [-0.3, -0.25) is 0 Å². The third kappa shape index (κ3) is 4.05. The van der Waals surface area contributed by atoms with Crippen LogP contribution < -0.4 is 9.13 Å². The highest BCUT2D eigenvalue weighted by Gasteiger charge is 2.59. The first-order chi connectivity index (χ1) is 23.7. The number of fused-ring (bicyclic) bond motifs is 5. The first-order valence-electron chi connectivity index (χ1n) is 18.6. The highest BCUT2D eigenvalue weighted by atomic mass is 19.1. The molecule has 2 nitrogen and oxygen atoms in total. The Labute approximate surface area is 290 Å². The molecule has 4 aromatic carbocycles. The van der Waals surface area contributed by atoms with Crippen LogP contribution in [-0.4, -0.2) is 0 Å². The predicted molar refractivity (Wildman–Crippen MR) is 199 cm³/mol. The molecule has 6 aromatic rings. The number of unbranched alkanes of at least 4 members (excludes halogenated alkanes) is 1. The lowest BCUT2D eigenvalue weighted by molar-refractivity contribution is -0.765. The van der Waals surface area contributed by atoms with Gasteiger partial charge in [0.1, 0.15) is 5.82 Å². The van der Waals surface area contributed by atoms with Crippen LogP contribution in [0.2, 0.25) is 0 Å². The van der Waals surface area contributed by atoms with E-state index in [0.29, 0.717) is 0 Å². The Kier molecular flexibility index (Phi) is 6.77. The molecule has 2 aliphatic heterocycles. The summed E-state index contributed by atoms with van der Waals surface area (Å²) in [5, 5.41) is 5.18. The van der Waals surface area contributed by atoms with Crippen molar-refractivity contribution < 1.29 is 13.5 Å². The summed E-state index contributed by atoms with van der Waals surface area (Å²) >= 11 is 0. The van der Waals surface area contributed by atoms with E-state index in [-0.39, 0.29) is 23.2 Å². The van der Waals surface area contributed by atoms with Gasteiger partial charge in [-0.25, -0.2) is 4.39 Å². The molecule has 3 aliphatic rings. The normalized spacial score (nSPS) is 19.2. The molecule has 0 spiro atoms. The predicted octanol–water partition coefficient (Wildman–Crippen LogP) is 10.7. The molecule has 0 amide bonds. The highest BCUT2D eigenvalue weighted by molar-refractivity contribution is 6.02. The molecular formula is C46H47FN2+2. The Morgan fingerprint density at radius 3 is 2.39 bits per heavy atom. The van der Waals surface area contributed by atoms with Crippen LogP contribution in [0.15, 0.2) is 91.3 Å². The van der Waals surface area contributed by atoms with Crippen LogP contribution in [0, 0.1) is 12.7 Å². The lowest BCUT2D eigenvalue weighted by Crippen LogP contribution is -2.64. The van der Waals surface area contributed by atoms with Gasteiger partial charge in [0.05, 0.1) is 33.7 Å². The number of aryl methyl sites for hydroxylation is 2. The minimum atomic E-state index is -0.465. The smallest absolute Gasteiger partial charge is 0.207 e. The lowest BCUT2D eigenvalue weighted by Gasteiger charge is -2.47. The largest absolute Gasteiger partial charge is 0.221 e. The first-order valence-corrected chi connectivity index (χ1v) is 18.6. The van der Waals surface area contributed by atoms with Crippen molar-refractivity contribution in [2.24, 2.45) is 0 Å². The molecular weight excluding hydrogens is 600 g/mol. The zero-order valence-electron chi connectivity index (χ0n) is 29.8. The molecule has 0 radical (unpaired) electrons. The van der Waals surface area contributed by atoms with Crippen LogP contribution >= 0.6 is 0 Å². The SMILES string of the molecule is CCCCc1cc2c3c4[n+](ccc3c1)C(CC)(CC)C(C1C[n+]3ccc5ccccc5c3-c3cc(C)ccc31)c1ccc(F)c(c1-4)C2(C)C. The van der Waals surface area contributed by atoms with E-state index in [0.717, 1.165) is 49.8 Å². The highest BCUT2D eigenvalue weighted by Crippen LogP contribution is 2.59. The molecule has 3 heteroatoms. The molecule has 2 aromatic heterocycles. The number of halogens is 1. The summed E-state index contributed by atoms with van der Waals surface area (Å²) < 4.78 is 21.8. The van der Waals surface area contributed by atoms with Gasteiger partial charge in [-0.15, -0.1) is 0 Å². The Balaban J connectivity index is 1.36. The van der Waals surface area contributed by atoms with Gasteiger partial charge in [-0.2, -0.15) is 9.13 Å². The molecule has 0 bridgehead atoms. The second-order valence-electron chi connectivity index (χ2n) is 15.6. The molecule has 0 saturated heterocycles. The van der Waals surface area contributed by atoms with Gasteiger partial charge in [-0.05, 0) is 71.0 Å². The van der Waals surface area contributed by atoms with Crippen molar-refractivity contribution in [1.82, 2.24) is 0 Å². The van der Waals surface area contributed by atoms with Crippen molar-refractivity contribution in [3.63, 3.8) is 0 Å². The van der Waals surface area contributed by atoms with Gasteiger partial charge in [0.15, 0.2) is 24.5 Å². The number of hydrogen-bond acceptors (Lipinski definition) is 0. The second kappa shape index (κ2) is 10.8. The molecule has 246 valence electrons. The number of benzene rings is 4. The molecule has 1 aliphatic carbocycles. The third-order valence-electron chi connectivity index (χ3n) is 12.9. The van der Waals surface area contributed by atoms with Gasteiger partial charge < -0.3 is 0 Å². The topological polar surface area (TPSA) is 7.76 Å². The van der Waals surface area contributed by atoms with E-state index in [1.807, 2.05) is 0 Å². The molecule has 9 rings (SSSR count). The van der Waals surface area contributed by atoms with E-state index in [4.69, 9.17) is 0 Å². The standard InChI is InChI=1S/C46H47FN2/c1-7-10-13-29-25-31-21-23-49-44-39(31)37(26-29)45(5,6)42-38(47)19-18-34(40(42)44)41(46(49,8-2)9-3)36-27-48-22-20-30-14-11-12-15-32(30)43(48)35-24-28(4)16-17-33(35)36/h11-12,14-26,36,41H,7-10,13,27H2,1-6H3/q+2. The van der Waals surface area contributed by atoms with Crippen LogP contribution in [-0.2, 0) is 23.9 Å². The van der Waals surface area contributed by atoms with Crippen molar-refractivity contribution in [2.75, 3.05) is 0 Å². The van der Waals surface area contributed by atoms with Crippen molar-refractivity contribution in [1.29, 1.82) is 0 Å². The van der Waals surface area contributed by atoms with Crippen LogP contribution in [0.4, 0.5) is 4.39 Å². The fraction of sp³-hybridized carbons (Fsp3) is 0.348. The van der Waals surface area contributed by atoms with Crippen molar-refractivity contribution in [3.8, 4) is 22.5 Å². The fourth-order valence-corrected chi connectivity index (χ4v) is 10.5. The summed E-state index contributed by atoms with van der Waals surface area (Å²) in [6.07, 6.45) is 10.0. The van der Waals surface area contributed by atoms with E-state index in [1.54, 1.807) is 6.07 Å². The van der Waals surface area contributed by atoms with Gasteiger partial charge in [-0.1, -0.05) is 95.1 Å². The summed E-state index contributed by atoms with van der Waals surface area (Å²) in [7, 11) is 0. The third-order valence-corrected chi connectivity index (χ3v) is 12.9. The minimum Gasteiger partial charge on any atom is -0.207 e. The molecule has 2 atom stereocenters. The van der Waals surface area contributed by atoms with Crippen molar-refractivity contribution in [2.45, 2.75) is 103 Å². The van der Waals surface area contributed by atoms with E-state index < -0.39 is 5.41 Å². The number of pyridine rings is 2. The average molecular weight is 647 g/mol. The maximum atomic E-state index is 16.6. The summed E-state index contributed by atoms with van der Waals surface area (Å²) in [5.41, 5.74) is 11.9.